The zero-order valence-corrected chi connectivity index (χ0v) is 22.6. The molecule has 0 spiro atoms. The summed E-state index contributed by atoms with van der Waals surface area (Å²) in [6.07, 6.45) is 1.13. The lowest BCUT2D eigenvalue weighted by Crippen LogP contribution is -2.29. The van der Waals surface area contributed by atoms with Gasteiger partial charge in [0.15, 0.2) is 11.0 Å². The van der Waals surface area contributed by atoms with Crippen molar-refractivity contribution in [2.75, 3.05) is 12.9 Å². The lowest BCUT2D eigenvalue weighted by atomic mass is 9.98. The van der Waals surface area contributed by atoms with Crippen LogP contribution in [-0.4, -0.2) is 33.5 Å². The average molecular weight is 535 g/mol. The van der Waals surface area contributed by atoms with E-state index in [9.17, 15) is 4.79 Å². The Hall–Kier alpha value is -4.36. The maximum atomic E-state index is 13.0. The minimum absolute atomic E-state index is 0.0231. The highest BCUT2D eigenvalue weighted by Crippen LogP contribution is 2.30. The highest BCUT2D eigenvalue weighted by Gasteiger charge is 2.18. The summed E-state index contributed by atoms with van der Waals surface area (Å²) >= 11 is 1.60. The minimum Gasteiger partial charge on any atom is -0.497 e. The molecule has 0 saturated heterocycles. The predicted molar refractivity (Wildman–Crippen MR) is 156 cm³/mol. The zero-order chi connectivity index (χ0) is 26.9. The monoisotopic (exact) mass is 534 g/mol. The second-order valence-corrected chi connectivity index (χ2v) is 10.0. The van der Waals surface area contributed by atoms with Gasteiger partial charge in [-0.2, -0.15) is 0 Å². The molecule has 0 fully saturated rings. The van der Waals surface area contributed by atoms with Crippen molar-refractivity contribution in [2.24, 2.45) is 0 Å². The Balaban J connectivity index is 1.26. The molecule has 0 radical (unpaired) electrons. The number of benzene rings is 4. The Morgan fingerprint density at radius 3 is 2.13 bits per heavy atom. The summed E-state index contributed by atoms with van der Waals surface area (Å²) in [7, 11) is 1.65. The van der Waals surface area contributed by atoms with Crippen LogP contribution in [0.2, 0.25) is 0 Å². The maximum Gasteiger partial charge on any atom is 0.220 e. The summed E-state index contributed by atoms with van der Waals surface area (Å²) in [5.41, 5.74) is 4.03. The largest absolute Gasteiger partial charge is 0.497 e. The number of carbonyl (C=O) groups is 1. The number of nitrogens with zero attached hydrogens (tertiary/aromatic N) is 3. The molecule has 0 unspecified atom stereocenters. The van der Waals surface area contributed by atoms with Crippen molar-refractivity contribution in [1.29, 1.82) is 0 Å². The first-order valence-electron chi connectivity index (χ1n) is 12.9. The van der Waals surface area contributed by atoms with Crippen molar-refractivity contribution in [1.82, 2.24) is 20.1 Å². The summed E-state index contributed by atoms with van der Waals surface area (Å²) in [6.45, 7) is 0. The van der Waals surface area contributed by atoms with Crippen molar-refractivity contribution in [3.8, 4) is 22.8 Å². The summed E-state index contributed by atoms with van der Waals surface area (Å²) < 4.78 is 7.47. The van der Waals surface area contributed by atoms with Crippen LogP contribution in [0.1, 0.15) is 30.0 Å². The molecule has 0 saturated carbocycles. The molecular formula is C32H30N4O2S. The number of aromatic nitrogens is 3. The number of nitrogens with one attached hydrogen (secondary N) is 1. The normalized spacial score (nSPS) is 10.9. The molecule has 0 aliphatic carbocycles. The van der Waals surface area contributed by atoms with Gasteiger partial charge < -0.3 is 10.1 Å². The Kier molecular flexibility index (Phi) is 8.71. The Morgan fingerprint density at radius 2 is 1.49 bits per heavy atom. The van der Waals surface area contributed by atoms with Crippen molar-refractivity contribution >= 4 is 17.7 Å². The first-order valence-corrected chi connectivity index (χ1v) is 13.9. The van der Waals surface area contributed by atoms with Gasteiger partial charge in [0.05, 0.1) is 13.2 Å². The smallest absolute Gasteiger partial charge is 0.220 e. The number of methoxy groups -OCH3 is 1. The van der Waals surface area contributed by atoms with E-state index in [1.165, 1.54) is 0 Å². The van der Waals surface area contributed by atoms with Gasteiger partial charge in [-0.25, -0.2) is 0 Å². The van der Waals surface area contributed by atoms with Crippen LogP contribution >= 0.6 is 11.8 Å². The quantitative estimate of drug-likeness (QED) is 0.150. The predicted octanol–water partition coefficient (Wildman–Crippen LogP) is 6.72. The molecule has 0 bridgehead atoms. The van der Waals surface area contributed by atoms with Crippen molar-refractivity contribution < 1.29 is 9.53 Å². The van der Waals surface area contributed by atoms with E-state index in [1.807, 2.05) is 115 Å². The highest BCUT2D eigenvalue weighted by atomic mass is 32.2. The molecule has 1 amide bonds. The molecule has 5 aromatic rings. The molecule has 0 aliphatic rings. The standard InChI is InChI=1S/C32H30N4O2S/c1-38-28-20-11-17-26(23-28)31-34-35-32(36(31)27-18-9-4-10-19-27)39-22-12-21-29(37)33-30(24-13-5-2-6-14-24)25-15-7-3-8-16-25/h2-11,13-20,23,30H,12,21-22H2,1H3,(H,33,37). The van der Waals surface area contributed by atoms with Gasteiger partial charge in [0, 0.05) is 23.4 Å². The zero-order valence-electron chi connectivity index (χ0n) is 21.7. The van der Waals surface area contributed by atoms with E-state index in [0.717, 1.165) is 44.9 Å². The van der Waals surface area contributed by atoms with Crippen molar-refractivity contribution in [3.63, 3.8) is 0 Å². The molecule has 39 heavy (non-hydrogen) atoms. The number of hydrogen-bond donors (Lipinski definition) is 1. The van der Waals surface area contributed by atoms with Crippen LogP contribution in [0.4, 0.5) is 0 Å². The third-order valence-corrected chi connectivity index (χ3v) is 7.34. The van der Waals surface area contributed by atoms with Gasteiger partial charge in [-0.3, -0.25) is 9.36 Å². The van der Waals surface area contributed by atoms with Gasteiger partial charge in [-0.05, 0) is 41.8 Å². The van der Waals surface area contributed by atoms with Crippen LogP contribution < -0.4 is 10.1 Å². The number of hydrogen-bond acceptors (Lipinski definition) is 5. The topological polar surface area (TPSA) is 69.0 Å². The first-order chi connectivity index (χ1) is 19.2. The first kappa shape index (κ1) is 26.3. The molecule has 1 heterocycles. The molecule has 0 aliphatic heterocycles. The lowest BCUT2D eigenvalue weighted by molar-refractivity contribution is -0.121. The van der Waals surface area contributed by atoms with Gasteiger partial charge >= 0.3 is 0 Å². The van der Waals surface area contributed by atoms with Gasteiger partial charge in [-0.1, -0.05) is 103 Å². The van der Waals surface area contributed by atoms with E-state index in [0.29, 0.717) is 12.8 Å². The molecule has 1 N–H and O–H groups in total. The van der Waals surface area contributed by atoms with E-state index in [1.54, 1.807) is 18.9 Å². The lowest BCUT2D eigenvalue weighted by Gasteiger charge is -2.20. The third kappa shape index (κ3) is 6.56. The number of rotatable bonds is 11. The molecular weight excluding hydrogens is 504 g/mol. The minimum atomic E-state index is -0.181. The summed E-state index contributed by atoms with van der Waals surface area (Å²) in [6, 6.07) is 37.8. The fourth-order valence-electron chi connectivity index (χ4n) is 4.40. The van der Waals surface area contributed by atoms with Crippen LogP contribution in [0.25, 0.3) is 17.1 Å². The summed E-state index contributed by atoms with van der Waals surface area (Å²) in [4.78, 5) is 13.0. The molecule has 1 aromatic heterocycles. The van der Waals surface area contributed by atoms with Crippen LogP contribution in [0.15, 0.2) is 120 Å². The Morgan fingerprint density at radius 1 is 0.846 bits per heavy atom. The van der Waals surface area contributed by atoms with E-state index in [4.69, 9.17) is 4.74 Å². The fraction of sp³-hybridized carbons (Fsp3) is 0.156. The number of carbonyl (C=O) groups excluding carboxylic acids is 1. The van der Waals surface area contributed by atoms with Crippen molar-refractivity contribution in [2.45, 2.75) is 24.0 Å². The van der Waals surface area contributed by atoms with Crippen LogP contribution in [0.3, 0.4) is 0 Å². The maximum absolute atomic E-state index is 13.0. The molecule has 6 nitrogen and oxygen atoms in total. The van der Waals surface area contributed by atoms with Gasteiger partial charge in [0.25, 0.3) is 0 Å². The van der Waals surface area contributed by atoms with Gasteiger partial charge in [0.1, 0.15) is 5.75 Å². The number of thioether (sulfide) groups is 1. The highest BCUT2D eigenvalue weighted by molar-refractivity contribution is 7.99. The van der Waals surface area contributed by atoms with E-state index >= 15 is 0 Å². The van der Waals surface area contributed by atoms with Crippen molar-refractivity contribution in [3.05, 3.63) is 126 Å². The Bertz CT molecular complexity index is 1450. The summed E-state index contributed by atoms with van der Waals surface area (Å²) in [5.74, 6) is 2.26. The van der Waals surface area contributed by atoms with Gasteiger partial charge in [-0.15, -0.1) is 10.2 Å². The van der Waals surface area contributed by atoms with Crippen LogP contribution in [0, 0.1) is 0 Å². The van der Waals surface area contributed by atoms with Crippen LogP contribution in [-0.2, 0) is 4.79 Å². The SMILES string of the molecule is COc1cccc(-c2nnc(SCCCC(=O)NC(c3ccccc3)c3ccccc3)n2-c2ccccc2)c1. The third-order valence-electron chi connectivity index (χ3n) is 6.33. The average Bonchev–Trinajstić information content (AvgIpc) is 3.43. The number of para-hydroxylation sites is 1. The molecule has 196 valence electrons. The molecule has 5 rings (SSSR count). The van der Waals surface area contributed by atoms with Gasteiger partial charge in [0.2, 0.25) is 5.91 Å². The number of amides is 1. The fourth-order valence-corrected chi connectivity index (χ4v) is 5.29. The molecule has 7 heteroatoms. The van der Waals surface area contributed by atoms with Crippen LogP contribution in [0.5, 0.6) is 5.75 Å². The second-order valence-electron chi connectivity index (χ2n) is 8.98. The second kappa shape index (κ2) is 12.9. The number of ether oxygens (including phenoxy) is 1. The summed E-state index contributed by atoms with van der Waals surface area (Å²) in [5, 5.41) is 13.0. The van der Waals surface area contributed by atoms with E-state index < -0.39 is 0 Å². The van der Waals surface area contributed by atoms with E-state index in [-0.39, 0.29) is 11.9 Å². The Labute approximate surface area is 233 Å². The molecule has 0 atom stereocenters. The van der Waals surface area contributed by atoms with E-state index in [2.05, 4.69) is 20.1 Å². The molecule has 4 aromatic carbocycles.